The first kappa shape index (κ1) is 13.1. The van der Waals surface area contributed by atoms with E-state index >= 15 is 0 Å². The van der Waals surface area contributed by atoms with E-state index in [1.807, 2.05) is 25.1 Å². The number of rotatable bonds is 4. The number of anilines is 2. The summed E-state index contributed by atoms with van der Waals surface area (Å²) in [7, 11) is 0. The predicted octanol–water partition coefficient (Wildman–Crippen LogP) is 3.51. The maximum atomic E-state index is 5.88. The molecule has 1 aromatic carbocycles. The largest absolute Gasteiger partial charge is 0.492 e. The Labute approximate surface area is 110 Å². The number of benzene rings is 1. The van der Waals surface area contributed by atoms with E-state index in [0.29, 0.717) is 18.3 Å². The molecule has 0 aromatic heterocycles. The standard InChI is InChI=1S/C15H24N2O/c1-4-18-15-9-12(6-7-13(15)16)17-14-8-5-10(2)11(14)3/h6-7,9-11,14,17H,4-5,8,16H2,1-3H3. The van der Waals surface area contributed by atoms with Crippen LogP contribution in [0.1, 0.15) is 33.6 Å². The van der Waals surface area contributed by atoms with Crippen LogP contribution in [0, 0.1) is 11.8 Å². The molecule has 2 rings (SSSR count). The number of nitrogen functional groups attached to an aromatic ring is 1. The molecule has 3 unspecified atom stereocenters. The summed E-state index contributed by atoms with van der Waals surface area (Å²) in [4.78, 5) is 0. The molecule has 3 nitrogen and oxygen atoms in total. The smallest absolute Gasteiger partial charge is 0.144 e. The monoisotopic (exact) mass is 248 g/mol. The fourth-order valence-corrected chi connectivity index (χ4v) is 2.69. The molecule has 1 aromatic rings. The number of hydrogen-bond acceptors (Lipinski definition) is 3. The van der Waals surface area contributed by atoms with E-state index in [1.165, 1.54) is 12.8 Å². The summed E-state index contributed by atoms with van der Waals surface area (Å²) in [6.07, 6.45) is 2.56. The molecule has 0 bridgehead atoms. The zero-order valence-electron chi connectivity index (χ0n) is 11.6. The Bertz CT molecular complexity index is 405. The number of nitrogens with two attached hydrogens (primary N) is 1. The predicted molar refractivity (Wildman–Crippen MR) is 77.0 cm³/mol. The van der Waals surface area contributed by atoms with Crippen molar-refractivity contribution in [3.63, 3.8) is 0 Å². The van der Waals surface area contributed by atoms with Crippen molar-refractivity contribution in [2.75, 3.05) is 17.7 Å². The summed E-state index contributed by atoms with van der Waals surface area (Å²) in [5, 5.41) is 3.61. The minimum absolute atomic E-state index is 0.568. The van der Waals surface area contributed by atoms with E-state index in [4.69, 9.17) is 10.5 Å². The van der Waals surface area contributed by atoms with Gasteiger partial charge >= 0.3 is 0 Å². The first-order valence-electron chi connectivity index (χ1n) is 6.90. The molecular weight excluding hydrogens is 224 g/mol. The van der Waals surface area contributed by atoms with Crippen LogP contribution in [0.5, 0.6) is 5.75 Å². The average Bonchev–Trinajstić information content (AvgIpc) is 2.66. The molecule has 100 valence electrons. The molecule has 1 aliphatic carbocycles. The van der Waals surface area contributed by atoms with E-state index in [0.717, 1.165) is 23.3 Å². The van der Waals surface area contributed by atoms with Gasteiger partial charge in [0, 0.05) is 17.8 Å². The molecule has 0 radical (unpaired) electrons. The second-order valence-corrected chi connectivity index (χ2v) is 5.35. The summed E-state index contributed by atoms with van der Waals surface area (Å²) in [6, 6.07) is 6.52. The Hall–Kier alpha value is -1.38. The average molecular weight is 248 g/mol. The summed E-state index contributed by atoms with van der Waals surface area (Å²) in [5.41, 5.74) is 7.69. The highest BCUT2D eigenvalue weighted by Crippen LogP contribution is 2.34. The van der Waals surface area contributed by atoms with Crippen LogP contribution in [-0.2, 0) is 0 Å². The quantitative estimate of drug-likeness (QED) is 0.801. The molecule has 3 N–H and O–H groups in total. The van der Waals surface area contributed by atoms with Crippen LogP contribution in [0.2, 0.25) is 0 Å². The van der Waals surface area contributed by atoms with Gasteiger partial charge in [0.15, 0.2) is 0 Å². The molecule has 1 fully saturated rings. The highest BCUT2D eigenvalue weighted by atomic mass is 16.5. The first-order chi connectivity index (χ1) is 8.61. The minimum Gasteiger partial charge on any atom is -0.492 e. The van der Waals surface area contributed by atoms with Gasteiger partial charge in [0.05, 0.1) is 12.3 Å². The number of hydrogen-bond donors (Lipinski definition) is 2. The van der Waals surface area contributed by atoms with Crippen molar-refractivity contribution in [1.29, 1.82) is 0 Å². The SMILES string of the molecule is CCOc1cc(NC2CCC(C)C2C)ccc1N. The molecule has 3 heteroatoms. The van der Waals surface area contributed by atoms with E-state index < -0.39 is 0 Å². The Morgan fingerprint density at radius 1 is 1.33 bits per heavy atom. The van der Waals surface area contributed by atoms with Gasteiger partial charge in [-0.3, -0.25) is 0 Å². The Balaban J connectivity index is 2.07. The Morgan fingerprint density at radius 3 is 2.72 bits per heavy atom. The maximum absolute atomic E-state index is 5.88. The zero-order valence-corrected chi connectivity index (χ0v) is 11.6. The third-order valence-electron chi connectivity index (χ3n) is 4.13. The third kappa shape index (κ3) is 2.71. The fraction of sp³-hybridized carbons (Fsp3) is 0.600. The van der Waals surface area contributed by atoms with Crippen molar-refractivity contribution in [3.8, 4) is 5.75 Å². The fourth-order valence-electron chi connectivity index (χ4n) is 2.69. The van der Waals surface area contributed by atoms with E-state index in [1.54, 1.807) is 0 Å². The van der Waals surface area contributed by atoms with E-state index in [2.05, 4.69) is 19.2 Å². The van der Waals surface area contributed by atoms with Gasteiger partial charge in [-0.05, 0) is 43.7 Å². The molecule has 1 aliphatic rings. The number of ether oxygens (including phenoxy) is 1. The van der Waals surface area contributed by atoms with Gasteiger partial charge in [-0.15, -0.1) is 0 Å². The number of nitrogens with one attached hydrogen (secondary N) is 1. The summed E-state index contributed by atoms with van der Waals surface area (Å²) in [5.74, 6) is 2.31. The second-order valence-electron chi connectivity index (χ2n) is 5.35. The van der Waals surface area contributed by atoms with Crippen molar-refractivity contribution >= 4 is 11.4 Å². The lowest BCUT2D eigenvalue weighted by atomic mass is 9.97. The molecule has 1 saturated carbocycles. The Kier molecular flexibility index (Phi) is 4.00. The van der Waals surface area contributed by atoms with Crippen LogP contribution in [0.4, 0.5) is 11.4 Å². The lowest BCUT2D eigenvalue weighted by Gasteiger charge is -2.21. The molecule has 0 amide bonds. The molecule has 0 aliphatic heterocycles. The van der Waals surface area contributed by atoms with Crippen LogP contribution in [0.15, 0.2) is 18.2 Å². The van der Waals surface area contributed by atoms with Gasteiger partial charge in [-0.2, -0.15) is 0 Å². The minimum atomic E-state index is 0.568. The van der Waals surface area contributed by atoms with E-state index in [-0.39, 0.29) is 0 Å². The Morgan fingerprint density at radius 2 is 2.11 bits per heavy atom. The maximum Gasteiger partial charge on any atom is 0.144 e. The highest BCUT2D eigenvalue weighted by molar-refractivity contribution is 5.61. The second kappa shape index (κ2) is 5.51. The molecule has 18 heavy (non-hydrogen) atoms. The molecule has 3 atom stereocenters. The van der Waals surface area contributed by atoms with Crippen LogP contribution in [-0.4, -0.2) is 12.6 Å². The van der Waals surface area contributed by atoms with E-state index in [9.17, 15) is 0 Å². The van der Waals surface area contributed by atoms with Crippen LogP contribution in [0.25, 0.3) is 0 Å². The van der Waals surface area contributed by atoms with Crippen molar-refractivity contribution < 1.29 is 4.74 Å². The van der Waals surface area contributed by atoms with Gasteiger partial charge in [0.25, 0.3) is 0 Å². The summed E-state index contributed by atoms with van der Waals surface area (Å²) >= 11 is 0. The summed E-state index contributed by atoms with van der Waals surface area (Å²) < 4.78 is 5.52. The van der Waals surface area contributed by atoms with Gasteiger partial charge < -0.3 is 15.8 Å². The van der Waals surface area contributed by atoms with Gasteiger partial charge in [-0.1, -0.05) is 13.8 Å². The highest BCUT2D eigenvalue weighted by Gasteiger charge is 2.29. The van der Waals surface area contributed by atoms with Gasteiger partial charge in [0.2, 0.25) is 0 Å². The third-order valence-corrected chi connectivity index (χ3v) is 4.13. The normalized spacial score (nSPS) is 27.2. The van der Waals surface area contributed by atoms with Crippen LogP contribution < -0.4 is 15.8 Å². The van der Waals surface area contributed by atoms with Crippen LogP contribution in [0.3, 0.4) is 0 Å². The summed E-state index contributed by atoms with van der Waals surface area (Å²) in [6.45, 7) is 7.28. The van der Waals surface area contributed by atoms with Gasteiger partial charge in [0.1, 0.15) is 5.75 Å². The van der Waals surface area contributed by atoms with Gasteiger partial charge in [-0.25, -0.2) is 0 Å². The topological polar surface area (TPSA) is 47.3 Å². The lowest BCUT2D eigenvalue weighted by molar-refractivity contribution is 0.342. The first-order valence-corrected chi connectivity index (χ1v) is 6.90. The zero-order chi connectivity index (χ0) is 13.1. The van der Waals surface area contributed by atoms with Crippen molar-refractivity contribution in [3.05, 3.63) is 18.2 Å². The molecular formula is C15H24N2O. The molecule has 0 spiro atoms. The van der Waals surface area contributed by atoms with Crippen molar-refractivity contribution in [1.82, 2.24) is 0 Å². The lowest BCUT2D eigenvalue weighted by Crippen LogP contribution is -2.23. The van der Waals surface area contributed by atoms with Crippen LogP contribution >= 0.6 is 0 Å². The molecule has 0 saturated heterocycles. The van der Waals surface area contributed by atoms with Crippen molar-refractivity contribution in [2.24, 2.45) is 11.8 Å². The molecule has 0 heterocycles. The van der Waals surface area contributed by atoms with Crippen molar-refractivity contribution in [2.45, 2.75) is 39.7 Å².